The Morgan fingerprint density at radius 3 is 2.31 bits per heavy atom. The van der Waals surface area contributed by atoms with Crippen molar-refractivity contribution in [2.24, 2.45) is 5.16 Å². The maximum atomic E-state index is 12.6. The number of oxime groups is 1. The number of methoxy groups -OCH3 is 2. The molecule has 2 rings (SSSR count). The maximum absolute atomic E-state index is 12.6. The third kappa shape index (κ3) is 5.71. The maximum Gasteiger partial charge on any atom is 0.371 e. The van der Waals surface area contributed by atoms with Crippen molar-refractivity contribution in [3.05, 3.63) is 34.9 Å². The molecular weight excluding hydrogens is 400 g/mol. The van der Waals surface area contributed by atoms with Gasteiger partial charge < -0.3 is 23.9 Å². The normalized spacial score (nSPS) is 11.0. The number of carbonyl (C=O) groups is 1. The summed E-state index contributed by atoms with van der Waals surface area (Å²) in [6.45, 7) is 7.18. The minimum atomic E-state index is -0.771. The molecule has 156 valence electrons. The van der Waals surface area contributed by atoms with Crippen LogP contribution in [0.2, 0.25) is 5.02 Å². The van der Waals surface area contributed by atoms with E-state index < -0.39 is 5.97 Å². The Kier molecular flexibility index (Phi) is 8.02. The van der Waals surface area contributed by atoms with Crippen LogP contribution < -0.4 is 14.2 Å². The fourth-order valence-electron chi connectivity index (χ4n) is 2.42. The van der Waals surface area contributed by atoms with Crippen LogP contribution in [0.25, 0.3) is 0 Å². The van der Waals surface area contributed by atoms with E-state index in [9.17, 15) is 4.79 Å². The zero-order chi connectivity index (χ0) is 21.4. The standard InChI is InChI=1S/C19H23ClN4O5/c1-6-24(7-2)12(3)23-29-18(25)17-13(20)9-8-10-14(17)28-19-21-15(26-4)11-16(22-19)27-5/h8-11H,6-7H2,1-5H3/b23-12+. The molecule has 0 saturated carbocycles. The average molecular weight is 423 g/mol. The molecule has 0 unspecified atom stereocenters. The van der Waals surface area contributed by atoms with E-state index in [1.54, 1.807) is 25.1 Å². The molecule has 0 saturated heterocycles. The predicted molar refractivity (Wildman–Crippen MR) is 108 cm³/mol. The van der Waals surface area contributed by atoms with Crippen LogP contribution >= 0.6 is 11.6 Å². The Morgan fingerprint density at radius 1 is 1.14 bits per heavy atom. The van der Waals surface area contributed by atoms with E-state index in [4.69, 9.17) is 30.6 Å². The molecule has 0 N–H and O–H groups in total. The number of carbonyl (C=O) groups excluding carboxylic acids is 1. The minimum Gasteiger partial charge on any atom is -0.481 e. The van der Waals surface area contributed by atoms with E-state index >= 15 is 0 Å². The van der Waals surface area contributed by atoms with Gasteiger partial charge in [-0.1, -0.05) is 22.8 Å². The Labute approximate surface area is 174 Å². The molecule has 1 aromatic carbocycles. The number of benzene rings is 1. The van der Waals surface area contributed by atoms with E-state index in [1.165, 1.54) is 20.3 Å². The number of amidine groups is 1. The first-order valence-electron chi connectivity index (χ1n) is 8.87. The number of hydrogen-bond donors (Lipinski definition) is 0. The van der Waals surface area contributed by atoms with Gasteiger partial charge in [0.1, 0.15) is 17.1 Å². The topological polar surface area (TPSA) is 95.4 Å². The van der Waals surface area contributed by atoms with E-state index in [0.717, 1.165) is 13.1 Å². The van der Waals surface area contributed by atoms with Crippen LogP contribution in [0.4, 0.5) is 0 Å². The third-order valence-corrected chi connectivity index (χ3v) is 4.25. The number of halogens is 1. The Hall–Kier alpha value is -3.07. The largest absolute Gasteiger partial charge is 0.481 e. The SMILES string of the molecule is CCN(CC)/C(C)=N/OC(=O)c1c(Cl)cccc1Oc1nc(OC)cc(OC)n1. The van der Waals surface area contributed by atoms with Gasteiger partial charge in [-0.25, -0.2) is 4.79 Å². The van der Waals surface area contributed by atoms with E-state index in [1.807, 2.05) is 18.7 Å². The van der Waals surface area contributed by atoms with E-state index in [2.05, 4.69) is 15.1 Å². The molecule has 0 aliphatic carbocycles. The Bertz CT molecular complexity index is 865. The summed E-state index contributed by atoms with van der Waals surface area (Å²) in [4.78, 5) is 27.8. The summed E-state index contributed by atoms with van der Waals surface area (Å²) >= 11 is 6.21. The molecule has 9 nitrogen and oxygen atoms in total. The quantitative estimate of drug-likeness (QED) is 0.274. The van der Waals surface area contributed by atoms with Crippen LogP contribution in [-0.4, -0.2) is 54.0 Å². The lowest BCUT2D eigenvalue weighted by Gasteiger charge is -2.19. The van der Waals surface area contributed by atoms with Crippen LogP contribution in [0.3, 0.4) is 0 Å². The molecule has 0 fully saturated rings. The molecular formula is C19H23ClN4O5. The third-order valence-electron chi connectivity index (χ3n) is 3.94. The molecule has 1 aromatic heterocycles. The minimum absolute atomic E-state index is 0.00403. The second kappa shape index (κ2) is 10.5. The van der Waals surface area contributed by atoms with Crippen molar-refractivity contribution in [2.75, 3.05) is 27.3 Å². The molecule has 0 aliphatic heterocycles. The number of hydrogen-bond acceptors (Lipinski definition) is 8. The van der Waals surface area contributed by atoms with Gasteiger partial charge in [-0.3, -0.25) is 0 Å². The summed E-state index contributed by atoms with van der Waals surface area (Å²) in [5.41, 5.74) is -0.00403. The van der Waals surface area contributed by atoms with Gasteiger partial charge in [0.2, 0.25) is 11.8 Å². The lowest BCUT2D eigenvalue weighted by atomic mass is 10.2. The summed E-state index contributed by atoms with van der Waals surface area (Å²) in [5.74, 6) is 0.370. The van der Waals surface area contributed by atoms with Crippen molar-refractivity contribution < 1.29 is 23.8 Å². The lowest BCUT2D eigenvalue weighted by Crippen LogP contribution is -2.28. The molecule has 0 spiro atoms. The summed E-state index contributed by atoms with van der Waals surface area (Å²) in [7, 11) is 2.90. The summed E-state index contributed by atoms with van der Waals surface area (Å²) in [6.07, 6.45) is 0. The molecule has 0 radical (unpaired) electrons. The first kappa shape index (κ1) is 22.2. The second-order valence-corrected chi connectivity index (χ2v) is 6.05. The van der Waals surface area contributed by atoms with Gasteiger partial charge in [0.15, 0.2) is 0 Å². The van der Waals surface area contributed by atoms with Gasteiger partial charge >= 0.3 is 12.0 Å². The van der Waals surface area contributed by atoms with Crippen molar-refractivity contribution in [1.82, 2.24) is 14.9 Å². The number of nitrogens with zero attached hydrogens (tertiary/aromatic N) is 4. The molecule has 0 aliphatic rings. The molecule has 2 aromatic rings. The number of rotatable bonds is 8. The van der Waals surface area contributed by atoms with Crippen LogP contribution in [0.15, 0.2) is 29.4 Å². The fourth-order valence-corrected chi connectivity index (χ4v) is 2.66. The number of ether oxygens (including phenoxy) is 3. The van der Waals surface area contributed by atoms with Crippen LogP contribution in [-0.2, 0) is 4.84 Å². The van der Waals surface area contributed by atoms with Gasteiger partial charge in [-0.15, -0.1) is 0 Å². The van der Waals surface area contributed by atoms with Crippen molar-refractivity contribution in [3.8, 4) is 23.5 Å². The highest BCUT2D eigenvalue weighted by Gasteiger charge is 2.21. The highest BCUT2D eigenvalue weighted by molar-refractivity contribution is 6.34. The van der Waals surface area contributed by atoms with Gasteiger partial charge in [0, 0.05) is 13.1 Å². The van der Waals surface area contributed by atoms with E-state index in [0.29, 0.717) is 5.84 Å². The Morgan fingerprint density at radius 2 is 1.76 bits per heavy atom. The van der Waals surface area contributed by atoms with Crippen molar-refractivity contribution >= 4 is 23.4 Å². The second-order valence-electron chi connectivity index (χ2n) is 5.64. The zero-order valence-electron chi connectivity index (χ0n) is 16.9. The highest BCUT2D eigenvalue weighted by atomic mass is 35.5. The first-order chi connectivity index (χ1) is 13.9. The molecule has 0 bridgehead atoms. The van der Waals surface area contributed by atoms with Gasteiger partial charge in [0.25, 0.3) is 0 Å². The molecule has 0 amide bonds. The van der Waals surface area contributed by atoms with Gasteiger partial charge in [-0.05, 0) is 32.9 Å². The number of aromatic nitrogens is 2. The average Bonchev–Trinajstić information content (AvgIpc) is 2.72. The van der Waals surface area contributed by atoms with E-state index in [-0.39, 0.29) is 34.1 Å². The monoisotopic (exact) mass is 422 g/mol. The highest BCUT2D eigenvalue weighted by Crippen LogP contribution is 2.31. The summed E-state index contributed by atoms with van der Waals surface area (Å²) < 4.78 is 15.9. The zero-order valence-corrected chi connectivity index (χ0v) is 17.7. The van der Waals surface area contributed by atoms with Gasteiger partial charge in [0.05, 0.1) is 25.3 Å². The fraction of sp³-hybridized carbons (Fsp3) is 0.368. The summed E-state index contributed by atoms with van der Waals surface area (Å²) in [6, 6.07) is 6.11. The van der Waals surface area contributed by atoms with Crippen LogP contribution in [0.1, 0.15) is 31.1 Å². The first-order valence-corrected chi connectivity index (χ1v) is 9.25. The molecule has 1 heterocycles. The van der Waals surface area contributed by atoms with Crippen LogP contribution in [0, 0.1) is 0 Å². The van der Waals surface area contributed by atoms with Crippen molar-refractivity contribution in [1.29, 1.82) is 0 Å². The Balaban J connectivity index is 2.32. The molecule has 10 heteroatoms. The smallest absolute Gasteiger partial charge is 0.371 e. The van der Waals surface area contributed by atoms with Gasteiger partial charge in [-0.2, -0.15) is 9.97 Å². The van der Waals surface area contributed by atoms with Crippen molar-refractivity contribution in [2.45, 2.75) is 20.8 Å². The predicted octanol–water partition coefficient (Wildman–Crippen LogP) is 3.77. The van der Waals surface area contributed by atoms with Crippen LogP contribution in [0.5, 0.6) is 23.5 Å². The summed E-state index contributed by atoms with van der Waals surface area (Å²) in [5, 5.41) is 4.03. The lowest BCUT2D eigenvalue weighted by molar-refractivity contribution is 0.0506. The molecule has 0 atom stereocenters. The molecule has 29 heavy (non-hydrogen) atoms. The van der Waals surface area contributed by atoms with Crippen molar-refractivity contribution in [3.63, 3.8) is 0 Å².